The highest BCUT2D eigenvalue weighted by molar-refractivity contribution is 5.94. The SMILES string of the molecule is CCCN(CC)c1ccc(C(=O)NCC(N)C2CC2)cn1. The summed E-state index contributed by atoms with van der Waals surface area (Å²) < 4.78 is 0. The van der Waals surface area contributed by atoms with Crippen LogP contribution < -0.4 is 16.0 Å². The molecule has 1 aromatic heterocycles. The molecule has 1 saturated carbocycles. The van der Waals surface area contributed by atoms with Gasteiger partial charge in [0.1, 0.15) is 5.82 Å². The Balaban J connectivity index is 1.89. The number of pyridine rings is 1. The zero-order chi connectivity index (χ0) is 15.2. The molecular formula is C16H26N4O. The molecule has 21 heavy (non-hydrogen) atoms. The first-order valence-corrected chi connectivity index (χ1v) is 7.90. The first-order valence-electron chi connectivity index (χ1n) is 7.90. The number of nitrogens with zero attached hydrogens (tertiary/aromatic N) is 2. The number of carbonyl (C=O) groups is 1. The largest absolute Gasteiger partial charge is 0.357 e. The summed E-state index contributed by atoms with van der Waals surface area (Å²) in [6.07, 6.45) is 5.11. The average Bonchev–Trinajstić information content (AvgIpc) is 3.35. The van der Waals surface area contributed by atoms with Crippen LogP contribution in [-0.2, 0) is 0 Å². The van der Waals surface area contributed by atoms with Gasteiger partial charge in [0.05, 0.1) is 5.56 Å². The fourth-order valence-corrected chi connectivity index (χ4v) is 2.42. The quantitative estimate of drug-likeness (QED) is 0.765. The third-order valence-corrected chi connectivity index (χ3v) is 3.94. The molecule has 1 heterocycles. The molecule has 0 spiro atoms. The number of hydrogen-bond donors (Lipinski definition) is 2. The molecule has 0 aliphatic heterocycles. The summed E-state index contributed by atoms with van der Waals surface area (Å²) in [5, 5.41) is 2.89. The molecule has 1 aliphatic carbocycles. The number of carbonyl (C=O) groups excluding carboxylic acids is 1. The molecule has 116 valence electrons. The molecule has 5 heteroatoms. The highest BCUT2D eigenvalue weighted by atomic mass is 16.1. The van der Waals surface area contributed by atoms with E-state index in [4.69, 9.17) is 5.73 Å². The highest BCUT2D eigenvalue weighted by Gasteiger charge is 2.28. The molecule has 3 N–H and O–H groups in total. The second kappa shape index (κ2) is 7.41. The summed E-state index contributed by atoms with van der Waals surface area (Å²) in [5.74, 6) is 1.42. The number of amides is 1. The molecule has 0 radical (unpaired) electrons. The third-order valence-electron chi connectivity index (χ3n) is 3.94. The van der Waals surface area contributed by atoms with Gasteiger partial charge in [0.15, 0.2) is 0 Å². The molecule has 0 saturated heterocycles. The van der Waals surface area contributed by atoms with E-state index in [2.05, 4.69) is 29.0 Å². The lowest BCUT2D eigenvalue weighted by atomic mass is 10.2. The van der Waals surface area contributed by atoms with E-state index in [1.165, 1.54) is 12.8 Å². The lowest BCUT2D eigenvalue weighted by molar-refractivity contribution is 0.0950. The number of nitrogens with two attached hydrogens (primary N) is 1. The van der Waals surface area contributed by atoms with Crippen LogP contribution >= 0.6 is 0 Å². The maximum absolute atomic E-state index is 12.0. The third kappa shape index (κ3) is 4.43. The molecule has 5 nitrogen and oxygen atoms in total. The van der Waals surface area contributed by atoms with E-state index in [0.717, 1.165) is 25.3 Å². The summed E-state index contributed by atoms with van der Waals surface area (Å²) in [6.45, 7) is 6.70. The number of anilines is 1. The van der Waals surface area contributed by atoms with Crippen LogP contribution in [-0.4, -0.2) is 36.6 Å². The maximum Gasteiger partial charge on any atom is 0.252 e. The van der Waals surface area contributed by atoms with Crippen LogP contribution in [0.15, 0.2) is 18.3 Å². The highest BCUT2D eigenvalue weighted by Crippen LogP contribution is 2.31. The Bertz CT molecular complexity index is 456. The van der Waals surface area contributed by atoms with Crippen molar-refractivity contribution in [2.45, 2.75) is 39.2 Å². The summed E-state index contributed by atoms with van der Waals surface area (Å²) >= 11 is 0. The molecule has 1 amide bonds. The van der Waals surface area contributed by atoms with Crippen LogP contribution in [0.4, 0.5) is 5.82 Å². The number of aromatic nitrogens is 1. The van der Waals surface area contributed by atoms with Crippen molar-refractivity contribution in [3.8, 4) is 0 Å². The smallest absolute Gasteiger partial charge is 0.252 e. The van der Waals surface area contributed by atoms with E-state index in [0.29, 0.717) is 18.0 Å². The monoisotopic (exact) mass is 290 g/mol. The Morgan fingerprint density at radius 1 is 1.48 bits per heavy atom. The van der Waals surface area contributed by atoms with Crippen molar-refractivity contribution in [3.63, 3.8) is 0 Å². The minimum absolute atomic E-state index is 0.0846. The Morgan fingerprint density at radius 3 is 2.76 bits per heavy atom. The van der Waals surface area contributed by atoms with Gasteiger partial charge in [0.25, 0.3) is 5.91 Å². The van der Waals surface area contributed by atoms with E-state index in [9.17, 15) is 4.79 Å². The van der Waals surface area contributed by atoms with Crippen LogP contribution in [0.3, 0.4) is 0 Å². The van der Waals surface area contributed by atoms with Gasteiger partial charge in [-0.2, -0.15) is 0 Å². The zero-order valence-corrected chi connectivity index (χ0v) is 13.0. The van der Waals surface area contributed by atoms with Crippen molar-refractivity contribution < 1.29 is 4.79 Å². The fraction of sp³-hybridized carbons (Fsp3) is 0.625. The van der Waals surface area contributed by atoms with Crippen molar-refractivity contribution in [2.24, 2.45) is 11.7 Å². The van der Waals surface area contributed by atoms with Crippen molar-refractivity contribution in [3.05, 3.63) is 23.9 Å². The van der Waals surface area contributed by atoms with Crippen LogP contribution in [0.1, 0.15) is 43.5 Å². The van der Waals surface area contributed by atoms with Crippen LogP contribution in [0.25, 0.3) is 0 Å². The van der Waals surface area contributed by atoms with Crippen LogP contribution in [0, 0.1) is 5.92 Å². The van der Waals surface area contributed by atoms with Gasteiger partial charge >= 0.3 is 0 Å². The van der Waals surface area contributed by atoms with Crippen molar-refractivity contribution in [2.75, 3.05) is 24.5 Å². The molecule has 0 bridgehead atoms. The minimum Gasteiger partial charge on any atom is -0.357 e. The Morgan fingerprint density at radius 2 is 2.24 bits per heavy atom. The van der Waals surface area contributed by atoms with Gasteiger partial charge in [-0.3, -0.25) is 4.79 Å². The summed E-state index contributed by atoms with van der Waals surface area (Å²) in [5.41, 5.74) is 6.58. The van der Waals surface area contributed by atoms with Crippen molar-refractivity contribution in [1.82, 2.24) is 10.3 Å². The average molecular weight is 290 g/mol. The van der Waals surface area contributed by atoms with Gasteiger partial charge in [-0.25, -0.2) is 4.98 Å². The first-order chi connectivity index (χ1) is 10.2. The van der Waals surface area contributed by atoms with Crippen molar-refractivity contribution >= 4 is 11.7 Å². The molecule has 1 aromatic rings. The van der Waals surface area contributed by atoms with Gasteiger partial charge in [-0.15, -0.1) is 0 Å². The number of nitrogens with one attached hydrogen (secondary N) is 1. The predicted octanol–water partition coefficient (Wildman–Crippen LogP) is 1.78. The second-order valence-electron chi connectivity index (χ2n) is 5.70. The first kappa shape index (κ1) is 15.8. The zero-order valence-electron chi connectivity index (χ0n) is 13.0. The normalized spacial score (nSPS) is 15.6. The van der Waals surface area contributed by atoms with E-state index < -0.39 is 0 Å². The van der Waals surface area contributed by atoms with Crippen LogP contribution in [0.2, 0.25) is 0 Å². The standard InChI is InChI=1S/C16H26N4O/c1-3-9-20(4-2)15-8-7-13(10-18-15)16(21)19-11-14(17)12-5-6-12/h7-8,10,12,14H,3-6,9,11,17H2,1-2H3,(H,19,21). The second-order valence-corrected chi connectivity index (χ2v) is 5.70. The van der Waals surface area contributed by atoms with Gasteiger partial charge in [0, 0.05) is 31.9 Å². The maximum atomic E-state index is 12.0. The van der Waals surface area contributed by atoms with Crippen molar-refractivity contribution in [1.29, 1.82) is 0 Å². The summed E-state index contributed by atoms with van der Waals surface area (Å²) in [7, 11) is 0. The van der Waals surface area contributed by atoms with Gasteiger partial charge in [-0.05, 0) is 44.2 Å². The summed E-state index contributed by atoms with van der Waals surface area (Å²) in [4.78, 5) is 18.6. The Hall–Kier alpha value is -1.62. The molecule has 2 rings (SSSR count). The number of hydrogen-bond acceptors (Lipinski definition) is 4. The van der Waals surface area contributed by atoms with E-state index in [1.807, 2.05) is 12.1 Å². The van der Waals surface area contributed by atoms with Gasteiger partial charge in [0.2, 0.25) is 0 Å². The Labute approximate surface area is 126 Å². The molecule has 1 aliphatic rings. The van der Waals surface area contributed by atoms with E-state index in [-0.39, 0.29) is 11.9 Å². The molecule has 0 aromatic carbocycles. The summed E-state index contributed by atoms with van der Waals surface area (Å²) in [6, 6.07) is 3.83. The van der Waals surface area contributed by atoms with E-state index >= 15 is 0 Å². The molecule has 1 fully saturated rings. The lowest BCUT2D eigenvalue weighted by Crippen LogP contribution is -2.38. The van der Waals surface area contributed by atoms with Crippen LogP contribution in [0.5, 0.6) is 0 Å². The molecule has 1 atom stereocenters. The predicted molar refractivity (Wildman–Crippen MR) is 85.4 cm³/mol. The van der Waals surface area contributed by atoms with Gasteiger partial charge < -0.3 is 16.0 Å². The fourth-order valence-electron chi connectivity index (χ4n) is 2.42. The minimum atomic E-state index is -0.0938. The van der Waals surface area contributed by atoms with E-state index in [1.54, 1.807) is 6.20 Å². The Kier molecular flexibility index (Phi) is 5.56. The topological polar surface area (TPSA) is 71.2 Å². The molecule has 1 unspecified atom stereocenters. The van der Waals surface area contributed by atoms with Gasteiger partial charge in [-0.1, -0.05) is 6.92 Å². The molecular weight excluding hydrogens is 264 g/mol. The number of rotatable bonds is 8. The lowest BCUT2D eigenvalue weighted by Gasteiger charge is -2.21.